The summed E-state index contributed by atoms with van der Waals surface area (Å²) in [5, 5.41) is 8.70. The average Bonchev–Trinajstić information content (AvgIpc) is 3.04. The summed E-state index contributed by atoms with van der Waals surface area (Å²) in [6.45, 7) is 3.72. The third kappa shape index (κ3) is 4.90. The van der Waals surface area contributed by atoms with E-state index < -0.39 is 6.03 Å². The third-order valence-corrected chi connectivity index (χ3v) is 5.76. The van der Waals surface area contributed by atoms with Crippen molar-refractivity contribution in [3.63, 3.8) is 0 Å². The number of benzene rings is 2. The lowest BCUT2D eigenvalue weighted by molar-refractivity contribution is 0.102. The SMILES string of the molecule is CSc1ccccc1NC(=O)c1sc(NC(=O)Nc2ccc(C)cc2)nc1C. The molecule has 0 spiro atoms. The maximum atomic E-state index is 12.6. The minimum atomic E-state index is -0.405. The number of amides is 3. The van der Waals surface area contributed by atoms with E-state index in [1.54, 1.807) is 18.7 Å². The molecule has 3 N–H and O–H groups in total. The molecule has 0 aliphatic rings. The van der Waals surface area contributed by atoms with Crippen LogP contribution in [0.25, 0.3) is 0 Å². The molecule has 0 saturated heterocycles. The lowest BCUT2D eigenvalue weighted by Crippen LogP contribution is -2.19. The quantitative estimate of drug-likeness (QED) is 0.492. The van der Waals surface area contributed by atoms with Crippen molar-refractivity contribution in [2.75, 3.05) is 22.2 Å². The van der Waals surface area contributed by atoms with E-state index >= 15 is 0 Å². The van der Waals surface area contributed by atoms with Crippen molar-refractivity contribution in [1.82, 2.24) is 4.98 Å². The van der Waals surface area contributed by atoms with Crippen LogP contribution in [0, 0.1) is 13.8 Å². The minimum Gasteiger partial charge on any atom is -0.320 e. The summed E-state index contributed by atoms with van der Waals surface area (Å²) in [5.74, 6) is -0.247. The number of anilines is 3. The van der Waals surface area contributed by atoms with Gasteiger partial charge in [0.05, 0.1) is 11.4 Å². The Morgan fingerprint density at radius 3 is 2.39 bits per heavy atom. The number of hydrogen-bond donors (Lipinski definition) is 3. The van der Waals surface area contributed by atoms with Gasteiger partial charge in [0.25, 0.3) is 5.91 Å². The van der Waals surface area contributed by atoms with E-state index in [0.29, 0.717) is 21.4 Å². The van der Waals surface area contributed by atoms with Crippen LogP contribution in [0.3, 0.4) is 0 Å². The topological polar surface area (TPSA) is 83.1 Å². The zero-order valence-electron chi connectivity index (χ0n) is 15.7. The largest absolute Gasteiger partial charge is 0.325 e. The van der Waals surface area contributed by atoms with Crippen LogP contribution in [0.2, 0.25) is 0 Å². The number of hydrogen-bond acceptors (Lipinski definition) is 5. The molecule has 3 amide bonds. The molecule has 0 fully saturated rings. The number of aryl methyl sites for hydroxylation is 2. The number of thiazole rings is 1. The van der Waals surface area contributed by atoms with E-state index in [2.05, 4.69) is 20.9 Å². The number of thioether (sulfide) groups is 1. The second-order valence-electron chi connectivity index (χ2n) is 6.03. The first-order valence-corrected chi connectivity index (χ1v) is 10.6. The van der Waals surface area contributed by atoms with Gasteiger partial charge in [-0.2, -0.15) is 0 Å². The normalized spacial score (nSPS) is 10.4. The van der Waals surface area contributed by atoms with E-state index in [-0.39, 0.29) is 5.91 Å². The molecule has 3 rings (SSSR count). The number of nitrogens with one attached hydrogen (secondary N) is 3. The smallest absolute Gasteiger partial charge is 0.320 e. The summed E-state index contributed by atoms with van der Waals surface area (Å²) < 4.78 is 0. The number of carbonyl (C=O) groups excluding carboxylic acids is 2. The molecular formula is C20H20N4O2S2. The van der Waals surface area contributed by atoms with Crippen molar-refractivity contribution in [3.05, 3.63) is 64.7 Å². The number of aromatic nitrogens is 1. The standard InChI is InChI=1S/C20H20N4O2S2/c1-12-8-10-14(11-9-12)22-19(26)24-20-21-13(2)17(28-20)18(25)23-15-6-4-5-7-16(15)27-3/h4-11H,1-3H3,(H,23,25)(H2,21,22,24,26). The Morgan fingerprint density at radius 2 is 1.68 bits per heavy atom. The lowest BCUT2D eigenvalue weighted by Gasteiger charge is -2.08. The summed E-state index contributed by atoms with van der Waals surface area (Å²) >= 11 is 2.70. The number of para-hydroxylation sites is 1. The molecule has 0 radical (unpaired) electrons. The summed E-state index contributed by atoms with van der Waals surface area (Å²) in [6.07, 6.45) is 1.96. The molecule has 3 aromatic rings. The van der Waals surface area contributed by atoms with Gasteiger partial charge in [0.1, 0.15) is 4.88 Å². The Bertz CT molecular complexity index is 1000. The molecule has 0 atom stereocenters. The van der Waals surface area contributed by atoms with Gasteiger partial charge in [-0.05, 0) is 44.4 Å². The molecule has 6 nitrogen and oxygen atoms in total. The summed E-state index contributed by atoms with van der Waals surface area (Å²) in [6, 6.07) is 14.7. The van der Waals surface area contributed by atoms with Gasteiger partial charge in [0, 0.05) is 10.6 Å². The fraction of sp³-hybridized carbons (Fsp3) is 0.150. The number of rotatable bonds is 5. The van der Waals surface area contributed by atoms with Gasteiger partial charge in [-0.25, -0.2) is 9.78 Å². The monoisotopic (exact) mass is 412 g/mol. The van der Waals surface area contributed by atoms with Crippen molar-refractivity contribution in [1.29, 1.82) is 0 Å². The Hall–Kier alpha value is -2.84. The highest BCUT2D eigenvalue weighted by Gasteiger charge is 2.17. The molecule has 0 bridgehead atoms. The predicted octanol–water partition coefficient (Wildman–Crippen LogP) is 5.38. The van der Waals surface area contributed by atoms with Crippen LogP contribution < -0.4 is 16.0 Å². The molecular weight excluding hydrogens is 392 g/mol. The predicted molar refractivity (Wildman–Crippen MR) is 117 cm³/mol. The highest BCUT2D eigenvalue weighted by molar-refractivity contribution is 7.98. The minimum absolute atomic E-state index is 0.247. The summed E-state index contributed by atoms with van der Waals surface area (Å²) in [4.78, 5) is 30.6. The molecule has 0 aliphatic carbocycles. The van der Waals surface area contributed by atoms with Crippen LogP contribution in [0.15, 0.2) is 53.4 Å². The van der Waals surface area contributed by atoms with Crippen molar-refractivity contribution >= 4 is 51.5 Å². The highest BCUT2D eigenvalue weighted by atomic mass is 32.2. The Kier molecular flexibility index (Phi) is 6.33. The maximum absolute atomic E-state index is 12.6. The van der Waals surface area contributed by atoms with Crippen LogP contribution >= 0.6 is 23.1 Å². The second kappa shape index (κ2) is 8.90. The lowest BCUT2D eigenvalue weighted by atomic mass is 10.2. The van der Waals surface area contributed by atoms with Crippen LogP contribution in [0.4, 0.5) is 21.3 Å². The van der Waals surface area contributed by atoms with E-state index in [1.165, 1.54) is 0 Å². The van der Waals surface area contributed by atoms with E-state index in [0.717, 1.165) is 27.5 Å². The van der Waals surface area contributed by atoms with Crippen LogP contribution in [-0.4, -0.2) is 23.2 Å². The van der Waals surface area contributed by atoms with Crippen molar-refractivity contribution in [3.8, 4) is 0 Å². The average molecular weight is 413 g/mol. The van der Waals surface area contributed by atoms with Gasteiger partial charge >= 0.3 is 6.03 Å². The van der Waals surface area contributed by atoms with Gasteiger partial charge < -0.3 is 10.6 Å². The number of nitrogens with zero attached hydrogens (tertiary/aromatic N) is 1. The fourth-order valence-corrected chi connectivity index (χ4v) is 3.89. The van der Waals surface area contributed by atoms with Crippen molar-refractivity contribution in [2.24, 2.45) is 0 Å². The first-order valence-electron chi connectivity index (χ1n) is 8.52. The first-order chi connectivity index (χ1) is 13.5. The molecule has 1 heterocycles. The van der Waals surface area contributed by atoms with Gasteiger partial charge in [-0.15, -0.1) is 11.8 Å². The molecule has 1 aromatic heterocycles. The zero-order chi connectivity index (χ0) is 20.1. The second-order valence-corrected chi connectivity index (χ2v) is 7.88. The molecule has 28 heavy (non-hydrogen) atoms. The van der Waals surface area contributed by atoms with E-state index in [4.69, 9.17) is 0 Å². The van der Waals surface area contributed by atoms with E-state index in [1.807, 2.05) is 61.7 Å². The Labute approximate surface area is 171 Å². The van der Waals surface area contributed by atoms with Gasteiger partial charge in [0.2, 0.25) is 0 Å². The first kappa shape index (κ1) is 19.9. The molecule has 144 valence electrons. The molecule has 8 heteroatoms. The summed E-state index contributed by atoms with van der Waals surface area (Å²) in [7, 11) is 0. The van der Waals surface area contributed by atoms with Gasteiger partial charge in [-0.3, -0.25) is 10.1 Å². The number of urea groups is 1. The maximum Gasteiger partial charge on any atom is 0.325 e. The Balaban J connectivity index is 1.67. The highest BCUT2D eigenvalue weighted by Crippen LogP contribution is 2.28. The molecule has 0 saturated carbocycles. The van der Waals surface area contributed by atoms with Crippen molar-refractivity contribution < 1.29 is 9.59 Å². The molecule has 0 unspecified atom stereocenters. The van der Waals surface area contributed by atoms with Gasteiger partial charge in [0.15, 0.2) is 5.13 Å². The van der Waals surface area contributed by atoms with Crippen molar-refractivity contribution in [2.45, 2.75) is 18.7 Å². The number of carbonyl (C=O) groups is 2. The zero-order valence-corrected chi connectivity index (χ0v) is 17.3. The van der Waals surface area contributed by atoms with E-state index in [9.17, 15) is 9.59 Å². The molecule has 2 aromatic carbocycles. The van der Waals surface area contributed by atoms with Gasteiger partial charge in [-0.1, -0.05) is 41.2 Å². The Morgan fingerprint density at radius 1 is 0.964 bits per heavy atom. The van der Waals surface area contributed by atoms with Crippen LogP contribution in [0.5, 0.6) is 0 Å². The van der Waals surface area contributed by atoms with Crippen LogP contribution in [0.1, 0.15) is 20.9 Å². The van der Waals surface area contributed by atoms with Crippen LogP contribution in [-0.2, 0) is 0 Å². The molecule has 0 aliphatic heterocycles. The fourth-order valence-electron chi connectivity index (χ4n) is 2.48. The summed E-state index contributed by atoms with van der Waals surface area (Å²) in [5.41, 5.74) is 3.11. The third-order valence-electron chi connectivity index (χ3n) is 3.89.